The van der Waals surface area contributed by atoms with Gasteiger partial charge in [-0.3, -0.25) is 4.98 Å². The van der Waals surface area contributed by atoms with Crippen LogP contribution in [0.25, 0.3) is 28.0 Å². The molecule has 1 aromatic carbocycles. The summed E-state index contributed by atoms with van der Waals surface area (Å²) >= 11 is 0. The summed E-state index contributed by atoms with van der Waals surface area (Å²) in [7, 11) is 1.38. The molecule has 2 aliphatic heterocycles. The van der Waals surface area contributed by atoms with Crippen molar-refractivity contribution in [3.63, 3.8) is 0 Å². The Morgan fingerprint density at radius 1 is 1.15 bits per heavy atom. The Morgan fingerprint density at radius 3 is 2.74 bits per heavy atom. The van der Waals surface area contributed by atoms with Crippen LogP contribution in [-0.2, 0) is 0 Å². The van der Waals surface area contributed by atoms with Crippen molar-refractivity contribution in [1.29, 1.82) is 0 Å². The normalized spacial score (nSPS) is 16.7. The molecule has 0 unspecified atom stereocenters. The minimum atomic E-state index is -0.828. The zero-order valence-corrected chi connectivity index (χ0v) is 22.3. The number of methoxy groups -OCH3 is 1. The second-order valence-electron chi connectivity index (χ2n) is 10.3. The van der Waals surface area contributed by atoms with Crippen LogP contribution in [-0.4, -0.2) is 45.8 Å². The highest BCUT2D eigenvalue weighted by molar-refractivity contribution is 5.97. The largest absolute Gasteiger partial charge is 0.496 e. The number of fused-ring (bicyclic) bond motifs is 2. The molecule has 0 amide bonds. The average molecular weight is 534 g/mol. The second-order valence-corrected chi connectivity index (χ2v) is 10.3. The van der Waals surface area contributed by atoms with E-state index in [0.717, 1.165) is 24.8 Å². The molecule has 2 aliphatic rings. The zero-order valence-electron chi connectivity index (χ0n) is 22.3. The Balaban J connectivity index is 1.80. The molecule has 10 heteroatoms. The van der Waals surface area contributed by atoms with E-state index in [2.05, 4.69) is 15.0 Å². The van der Waals surface area contributed by atoms with Gasteiger partial charge in [-0.25, -0.2) is 23.1 Å². The van der Waals surface area contributed by atoms with Crippen molar-refractivity contribution in [2.45, 2.75) is 52.0 Å². The number of aromatic nitrogens is 4. The van der Waals surface area contributed by atoms with Gasteiger partial charge < -0.3 is 14.4 Å². The Bertz CT molecular complexity index is 1670. The molecule has 0 N–H and O–H groups in total. The first-order valence-corrected chi connectivity index (χ1v) is 13.2. The molecule has 1 saturated heterocycles. The molecular formula is C29H29F2N5O3. The van der Waals surface area contributed by atoms with E-state index in [1.807, 2.05) is 25.7 Å². The van der Waals surface area contributed by atoms with Crippen molar-refractivity contribution in [3.05, 3.63) is 63.8 Å². The predicted molar refractivity (Wildman–Crippen MR) is 144 cm³/mol. The Labute approximate surface area is 224 Å². The van der Waals surface area contributed by atoms with E-state index in [-0.39, 0.29) is 52.4 Å². The van der Waals surface area contributed by atoms with Crippen LogP contribution in [0.4, 0.5) is 14.6 Å². The van der Waals surface area contributed by atoms with Crippen LogP contribution in [0, 0.1) is 18.6 Å². The molecule has 0 aliphatic carbocycles. The first-order valence-electron chi connectivity index (χ1n) is 13.2. The SMILES string of the molecule is COc1cccc(F)c1-c1nc2c3c(nc(=O)n2-c2c(C)ccnc2C(C)C)N2CCCC[C@@H]2COc3c1F. The monoisotopic (exact) mass is 533 g/mol. The number of piperidine rings is 1. The van der Waals surface area contributed by atoms with E-state index < -0.39 is 17.3 Å². The molecule has 5 heterocycles. The highest BCUT2D eigenvalue weighted by Crippen LogP contribution is 2.44. The highest BCUT2D eigenvalue weighted by atomic mass is 19.1. The lowest BCUT2D eigenvalue weighted by molar-refractivity contribution is 0.258. The molecule has 202 valence electrons. The lowest BCUT2D eigenvalue weighted by Crippen LogP contribution is -2.43. The first-order chi connectivity index (χ1) is 18.8. The fourth-order valence-electron chi connectivity index (χ4n) is 5.71. The van der Waals surface area contributed by atoms with Crippen molar-refractivity contribution in [3.8, 4) is 28.4 Å². The van der Waals surface area contributed by atoms with Gasteiger partial charge in [0.15, 0.2) is 17.2 Å². The van der Waals surface area contributed by atoms with E-state index in [1.54, 1.807) is 12.3 Å². The van der Waals surface area contributed by atoms with E-state index in [4.69, 9.17) is 9.47 Å². The molecule has 39 heavy (non-hydrogen) atoms. The average Bonchev–Trinajstić information content (AvgIpc) is 3.08. The van der Waals surface area contributed by atoms with E-state index in [0.29, 0.717) is 23.7 Å². The Morgan fingerprint density at radius 2 is 1.97 bits per heavy atom. The molecule has 0 saturated carbocycles. The van der Waals surface area contributed by atoms with Crippen LogP contribution in [0.5, 0.6) is 11.5 Å². The minimum Gasteiger partial charge on any atom is -0.496 e. The summed E-state index contributed by atoms with van der Waals surface area (Å²) in [6.07, 6.45) is 4.42. The lowest BCUT2D eigenvalue weighted by atomic mass is 10.0. The standard InChI is InChI=1S/C29H29F2N5O3/c1-15(2)23-25(16(3)11-12-32-23)36-28-21-26(22(31)24(33-28)20-18(30)9-7-10-19(20)38-4)39-14-17-8-5-6-13-35(17)27(21)34-29(36)37/h7,9-12,15,17H,5-6,8,13-14H2,1-4H3/t17-/m1/s1. The number of halogens is 2. The number of pyridine rings is 2. The van der Waals surface area contributed by atoms with Crippen molar-refractivity contribution >= 4 is 16.9 Å². The number of anilines is 1. The summed E-state index contributed by atoms with van der Waals surface area (Å²) in [6.45, 7) is 6.69. The van der Waals surface area contributed by atoms with Gasteiger partial charge in [0.25, 0.3) is 0 Å². The summed E-state index contributed by atoms with van der Waals surface area (Å²) in [4.78, 5) is 29.7. The van der Waals surface area contributed by atoms with Crippen molar-refractivity contribution in [2.24, 2.45) is 0 Å². The van der Waals surface area contributed by atoms with Crippen LogP contribution in [0.15, 0.2) is 35.3 Å². The summed E-state index contributed by atoms with van der Waals surface area (Å²) in [5, 5.41) is 0.286. The number of aryl methyl sites for hydroxylation is 1. The van der Waals surface area contributed by atoms with Crippen molar-refractivity contribution in [2.75, 3.05) is 25.2 Å². The van der Waals surface area contributed by atoms with E-state index in [9.17, 15) is 4.79 Å². The summed E-state index contributed by atoms with van der Waals surface area (Å²) in [5.41, 5.74) is 1.07. The van der Waals surface area contributed by atoms with Crippen molar-refractivity contribution < 1.29 is 18.3 Å². The van der Waals surface area contributed by atoms with Crippen LogP contribution in [0.2, 0.25) is 0 Å². The van der Waals surface area contributed by atoms with Crippen LogP contribution in [0.3, 0.4) is 0 Å². The quantitative estimate of drug-likeness (QED) is 0.352. The molecule has 4 aromatic rings. The molecule has 3 aromatic heterocycles. The highest BCUT2D eigenvalue weighted by Gasteiger charge is 2.36. The minimum absolute atomic E-state index is 0.0361. The fraction of sp³-hybridized carbons (Fsp3) is 0.379. The number of hydrogen-bond acceptors (Lipinski definition) is 7. The van der Waals surface area contributed by atoms with Gasteiger partial charge in [0.1, 0.15) is 35.1 Å². The molecular weight excluding hydrogens is 504 g/mol. The Kier molecular flexibility index (Phi) is 6.20. The number of nitrogens with zero attached hydrogens (tertiary/aromatic N) is 5. The van der Waals surface area contributed by atoms with Gasteiger partial charge in [-0.05, 0) is 55.9 Å². The molecule has 1 fully saturated rings. The second kappa shape index (κ2) is 9.59. The smallest absolute Gasteiger partial charge is 0.355 e. The zero-order chi connectivity index (χ0) is 27.4. The number of ether oxygens (including phenoxy) is 2. The molecule has 8 nitrogen and oxygen atoms in total. The van der Waals surface area contributed by atoms with Gasteiger partial charge in [0.2, 0.25) is 0 Å². The number of hydrogen-bond donors (Lipinski definition) is 0. The number of rotatable bonds is 4. The maximum atomic E-state index is 16.4. The molecule has 0 radical (unpaired) electrons. The summed E-state index contributed by atoms with van der Waals surface area (Å²) in [6, 6.07) is 5.96. The summed E-state index contributed by atoms with van der Waals surface area (Å²) < 4.78 is 44.6. The fourth-order valence-corrected chi connectivity index (χ4v) is 5.71. The van der Waals surface area contributed by atoms with Crippen LogP contribution >= 0.6 is 0 Å². The van der Waals surface area contributed by atoms with Gasteiger partial charge in [0, 0.05) is 12.7 Å². The van der Waals surface area contributed by atoms with Crippen LogP contribution < -0.4 is 20.1 Å². The lowest BCUT2D eigenvalue weighted by Gasteiger charge is -2.34. The third-order valence-corrected chi connectivity index (χ3v) is 7.58. The molecule has 0 bridgehead atoms. The number of benzene rings is 1. The topological polar surface area (TPSA) is 82.4 Å². The van der Waals surface area contributed by atoms with Gasteiger partial charge in [-0.1, -0.05) is 19.9 Å². The van der Waals surface area contributed by atoms with Gasteiger partial charge in [-0.15, -0.1) is 0 Å². The first kappa shape index (κ1) is 25.2. The van der Waals surface area contributed by atoms with Crippen molar-refractivity contribution in [1.82, 2.24) is 19.5 Å². The van der Waals surface area contributed by atoms with E-state index >= 15 is 8.78 Å². The maximum Gasteiger partial charge on any atom is 0.355 e. The van der Waals surface area contributed by atoms with E-state index in [1.165, 1.54) is 29.9 Å². The third-order valence-electron chi connectivity index (χ3n) is 7.58. The molecule has 1 atom stereocenters. The van der Waals surface area contributed by atoms with Gasteiger partial charge >= 0.3 is 5.69 Å². The van der Waals surface area contributed by atoms with Crippen LogP contribution in [0.1, 0.15) is 50.3 Å². The summed E-state index contributed by atoms with van der Waals surface area (Å²) in [5.74, 6) is -1.21. The molecule has 6 rings (SSSR count). The Hall–Kier alpha value is -4.08. The predicted octanol–water partition coefficient (Wildman–Crippen LogP) is 5.31. The third kappa shape index (κ3) is 3.92. The van der Waals surface area contributed by atoms with Gasteiger partial charge in [-0.2, -0.15) is 4.98 Å². The maximum absolute atomic E-state index is 16.4. The van der Waals surface area contributed by atoms with Gasteiger partial charge in [0.05, 0.1) is 30.1 Å². The molecule has 0 spiro atoms.